The first-order valence-electron chi connectivity index (χ1n) is 10.3. The number of amides is 2. The maximum atomic E-state index is 12.1. The molecule has 166 valence electrons. The molecule has 33 heavy (non-hydrogen) atoms. The molecular formula is C26H21BrN2O4. The van der Waals surface area contributed by atoms with Crippen LogP contribution < -0.4 is 20.3 Å². The Morgan fingerprint density at radius 2 is 1.30 bits per heavy atom. The van der Waals surface area contributed by atoms with Crippen LogP contribution in [0.2, 0.25) is 0 Å². The number of hydrogen-bond acceptors (Lipinski definition) is 4. The zero-order valence-electron chi connectivity index (χ0n) is 17.6. The van der Waals surface area contributed by atoms with Crippen LogP contribution in [0.3, 0.4) is 0 Å². The van der Waals surface area contributed by atoms with Crippen molar-refractivity contribution < 1.29 is 19.1 Å². The van der Waals surface area contributed by atoms with Crippen LogP contribution in [0.25, 0.3) is 21.9 Å². The summed E-state index contributed by atoms with van der Waals surface area (Å²) in [5.74, 6) is 0.148. The van der Waals surface area contributed by atoms with Crippen molar-refractivity contribution in [1.29, 1.82) is 0 Å². The van der Waals surface area contributed by atoms with E-state index in [1.54, 1.807) is 12.1 Å². The highest BCUT2D eigenvalue weighted by Crippen LogP contribution is 2.30. The second kappa shape index (κ2) is 10.7. The summed E-state index contributed by atoms with van der Waals surface area (Å²) in [6, 6.07) is 28.9. The Hall–Kier alpha value is -3.84. The van der Waals surface area contributed by atoms with Gasteiger partial charge in [0.05, 0.1) is 4.47 Å². The molecule has 0 fully saturated rings. The van der Waals surface area contributed by atoms with Crippen molar-refractivity contribution in [3.05, 3.63) is 95.5 Å². The Morgan fingerprint density at radius 3 is 2.03 bits per heavy atom. The van der Waals surface area contributed by atoms with E-state index >= 15 is 0 Å². The lowest BCUT2D eigenvalue weighted by Gasteiger charge is -2.12. The summed E-state index contributed by atoms with van der Waals surface area (Å²) in [5, 5.41) is 1.93. The molecule has 7 heteroatoms. The number of carbonyl (C=O) groups excluding carboxylic acids is 2. The molecule has 0 heterocycles. The van der Waals surface area contributed by atoms with Gasteiger partial charge >= 0.3 is 0 Å². The van der Waals surface area contributed by atoms with E-state index in [-0.39, 0.29) is 13.2 Å². The number of fused-ring (bicyclic) bond motifs is 1. The standard InChI is InChI=1S/C26H21BrN2O4/c27-22-15-20(18-7-2-1-3-8-18)13-14-24(22)33-17-26(31)29-28-25(30)16-32-23-12-6-10-19-9-4-5-11-21(19)23/h1-15H,16-17H2,(H,28,30)(H,29,31). The summed E-state index contributed by atoms with van der Waals surface area (Å²) < 4.78 is 11.9. The zero-order chi connectivity index (χ0) is 23.0. The van der Waals surface area contributed by atoms with Crippen LogP contribution in [0.1, 0.15) is 0 Å². The van der Waals surface area contributed by atoms with Crippen molar-refractivity contribution >= 4 is 38.5 Å². The van der Waals surface area contributed by atoms with Crippen LogP contribution in [0.15, 0.2) is 95.5 Å². The number of nitrogens with one attached hydrogen (secondary N) is 2. The van der Waals surface area contributed by atoms with E-state index in [1.165, 1.54) is 0 Å². The first-order chi connectivity index (χ1) is 16.1. The first kappa shape index (κ1) is 22.4. The van der Waals surface area contributed by atoms with E-state index in [2.05, 4.69) is 26.8 Å². The number of hydrazine groups is 1. The lowest BCUT2D eigenvalue weighted by molar-refractivity contribution is -0.130. The Balaban J connectivity index is 1.23. The number of rotatable bonds is 7. The molecule has 6 nitrogen and oxygen atoms in total. The highest BCUT2D eigenvalue weighted by molar-refractivity contribution is 9.10. The zero-order valence-corrected chi connectivity index (χ0v) is 19.2. The topological polar surface area (TPSA) is 76.7 Å². The molecule has 0 radical (unpaired) electrons. The third kappa shape index (κ3) is 5.90. The second-order valence-corrected chi connectivity index (χ2v) is 8.02. The van der Waals surface area contributed by atoms with E-state index in [9.17, 15) is 9.59 Å². The second-order valence-electron chi connectivity index (χ2n) is 7.16. The monoisotopic (exact) mass is 504 g/mol. The van der Waals surface area contributed by atoms with Gasteiger partial charge in [-0.1, -0.05) is 72.8 Å². The third-order valence-electron chi connectivity index (χ3n) is 4.85. The van der Waals surface area contributed by atoms with Gasteiger partial charge < -0.3 is 9.47 Å². The quantitative estimate of drug-likeness (QED) is 0.352. The normalized spacial score (nSPS) is 10.5. The lowest BCUT2D eigenvalue weighted by atomic mass is 10.1. The van der Waals surface area contributed by atoms with Gasteiger partial charge in [-0.3, -0.25) is 20.4 Å². The fourth-order valence-corrected chi connectivity index (χ4v) is 3.74. The number of carbonyl (C=O) groups is 2. The third-order valence-corrected chi connectivity index (χ3v) is 5.47. The van der Waals surface area contributed by atoms with Crippen LogP contribution >= 0.6 is 15.9 Å². The van der Waals surface area contributed by atoms with Gasteiger partial charge in [0.25, 0.3) is 11.8 Å². The average molecular weight is 505 g/mol. The van der Waals surface area contributed by atoms with Crippen LogP contribution in [0.5, 0.6) is 11.5 Å². The molecule has 4 rings (SSSR count). The van der Waals surface area contributed by atoms with Gasteiger partial charge in [0.1, 0.15) is 11.5 Å². The molecule has 0 aliphatic carbocycles. The number of benzene rings is 4. The SMILES string of the molecule is O=C(COc1ccc(-c2ccccc2)cc1Br)NNC(=O)COc1cccc2ccccc12. The first-order valence-corrected chi connectivity index (χ1v) is 11.1. The van der Waals surface area contributed by atoms with Crippen molar-refractivity contribution in [1.82, 2.24) is 10.9 Å². The van der Waals surface area contributed by atoms with E-state index in [4.69, 9.17) is 9.47 Å². The predicted octanol–water partition coefficient (Wildman–Crippen LogP) is 4.87. The number of hydrogen-bond donors (Lipinski definition) is 2. The minimum Gasteiger partial charge on any atom is -0.483 e. The molecule has 2 N–H and O–H groups in total. The molecule has 0 aliphatic heterocycles. The molecule has 0 aliphatic rings. The Labute approximate surface area is 199 Å². The smallest absolute Gasteiger partial charge is 0.276 e. The molecule has 0 atom stereocenters. The fraction of sp³-hybridized carbons (Fsp3) is 0.0769. The minimum atomic E-state index is -0.493. The highest BCUT2D eigenvalue weighted by Gasteiger charge is 2.10. The van der Waals surface area contributed by atoms with Crippen molar-refractivity contribution in [2.75, 3.05) is 13.2 Å². The maximum Gasteiger partial charge on any atom is 0.276 e. The molecule has 0 bridgehead atoms. The van der Waals surface area contributed by atoms with Gasteiger partial charge in [-0.25, -0.2) is 0 Å². The van der Waals surface area contributed by atoms with Crippen LogP contribution in [0, 0.1) is 0 Å². The molecular weight excluding hydrogens is 484 g/mol. The lowest BCUT2D eigenvalue weighted by Crippen LogP contribution is -2.45. The molecule has 0 aromatic heterocycles. The molecule has 0 spiro atoms. The summed E-state index contributed by atoms with van der Waals surface area (Å²) in [6.07, 6.45) is 0. The van der Waals surface area contributed by atoms with Crippen molar-refractivity contribution in [2.45, 2.75) is 0 Å². The van der Waals surface area contributed by atoms with Gasteiger partial charge in [-0.05, 0) is 50.6 Å². The number of ether oxygens (including phenoxy) is 2. The summed E-state index contributed by atoms with van der Waals surface area (Å²) in [7, 11) is 0. The van der Waals surface area contributed by atoms with Crippen LogP contribution in [0.4, 0.5) is 0 Å². The molecule has 4 aromatic rings. The van der Waals surface area contributed by atoms with Crippen molar-refractivity contribution in [3.8, 4) is 22.6 Å². The Bertz CT molecular complexity index is 1270. The van der Waals surface area contributed by atoms with Gasteiger partial charge in [0.15, 0.2) is 13.2 Å². The van der Waals surface area contributed by atoms with Gasteiger partial charge in [-0.15, -0.1) is 0 Å². The van der Waals surface area contributed by atoms with Gasteiger partial charge in [0.2, 0.25) is 0 Å². The molecule has 4 aromatic carbocycles. The summed E-state index contributed by atoms with van der Waals surface area (Å²) >= 11 is 3.47. The maximum absolute atomic E-state index is 12.1. The van der Waals surface area contributed by atoms with Crippen molar-refractivity contribution in [3.63, 3.8) is 0 Å². The molecule has 2 amide bonds. The van der Waals surface area contributed by atoms with E-state index in [0.29, 0.717) is 11.5 Å². The summed E-state index contributed by atoms with van der Waals surface area (Å²) in [4.78, 5) is 24.1. The summed E-state index contributed by atoms with van der Waals surface area (Å²) in [5.41, 5.74) is 6.76. The van der Waals surface area contributed by atoms with E-state index in [0.717, 1.165) is 26.4 Å². The van der Waals surface area contributed by atoms with Crippen LogP contribution in [-0.2, 0) is 9.59 Å². The number of halogens is 1. The minimum absolute atomic E-state index is 0.234. The largest absolute Gasteiger partial charge is 0.483 e. The molecule has 0 saturated heterocycles. The van der Waals surface area contributed by atoms with E-state index in [1.807, 2.05) is 78.9 Å². The molecule has 0 saturated carbocycles. The Kier molecular flexibility index (Phi) is 7.22. The van der Waals surface area contributed by atoms with Gasteiger partial charge in [0, 0.05) is 5.39 Å². The van der Waals surface area contributed by atoms with Gasteiger partial charge in [-0.2, -0.15) is 0 Å². The molecule has 0 unspecified atom stereocenters. The fourth-order valence-electron chi connectivity index (χ4n) is 3.25. The summed E-state index contributed by atoms with van der Waals surface area (Å²) in [6.45, 7) is -0.491. The van der Waals surface area contributed by atoms with Crippen LogP contribution in [-0.4, -0.2) is 25.0 Å². The van der Waals surface area contributed by atoms with Crippen molar-refractivity contribution in [2.24, 2.45) is 0 Å². The average Bonchev–Trinajstić information content (AvgIpc) is 2.86. The Morgan fingerprint density at radius 1 is 0.667 bits per heavy atom. The highest BCUT2D eigenvalue weighted by atomic mass is 79.9. The predicted molar refractivity (Wildman–Crippen MR) is 131 cm³/mol. The van der Waals surface area contributed by atoms with E-state index < -0.39 is 11.8 Å².